The van der Waals surface area contributed by atoms with Crippen molar-refractivity contribution < 1.29 is 9.72 Å². The number of nitro groups is 1. The topological polar surface area (TPSA) is 90.1 Å². The molecule has 1 amide bonds. The van der Waals surface area contributed by atoms with Gasteiger partial charge >= 0.3 is 5.69 Å². The maximum atomic E-state index is 11.9. The van der Waals surface area contributed by atoms with E-state index in [0.717, 1.165) is 19.3 Å². The second-order valence-corrected chi connectivity index (χ2v) is 6.40. The summed E-state index contributed by atoms with van der Waals surface area (Å²) in [6, 6.07) is 0.260. The number of nitrogens with one attached hydrogen (secondary N) is 1. The van der Waals surface area contributed by atoms with Crippen LogP contribution < -0.4 is 5.32 Å². The molecular formula is C13H20N4O3S. The second-order valence-electron chi connectivity index (χ2n) is 5.26. The van der Waals surface area contributed by atoms with Gasteiger partial charge in [-0.15, -0.1) is 0 Å². The Morgan fingerprint density at radius 2 is 2.43 bits per heavy atom. The molecule has 1 aromatic heterocycles. The molecular weight excluding hydrogens is 292 g/mol. The zero-order valence-corrected chi connectivity index (χ0v) is 12.8. The first kappa shape index (κ1) is 15.8. The van der Waals surface area contributed by atoms with Gasteiger partial charge in [-0.3, -0.25) is 19.6 Å². The highest BCUT2D eigenvalue weighted by Gasteiger charge is 2.22. The molecule has 1 heterocycles. The fraction of sp³-hybridized carbons (Fsp3) is 0.692. The van der Waals surface area contributed by atoms with Gasteiger partial charge in [-0.1, -0.05) is 6.42 Å². The fourth-order valence-electron chi connectivity index (χ4n) is 2.58. The predicted octanol–water partition coefficient (Wildman–Crippen LogP) is 1.97. The lowest BCUT2D eigenvalue weighted by Crippen LogP contribution is -2.39. The molecule has 8 heteroatoms. The molecule has 1 aliphatic carbocycles. The maximum absolute atomic E-state index is 11.9. The summed E-state index contributed by atoms with van der Waals surface area (Å²) in [6.45, 7) is 0.359. The third-order valence-corrected chi connectivity index (χ3v) is 4.82. The lowest BCUT2D eigenvalue weighted by atomic mass is 9.95. The van der Waals surface area contributed by atoms with E-state index >= 15 is 0 Å². The van der Waals surface area contributed by atoms with Gasteiger partial charge < -0.3 is 5.32 Å². The van der Waals surface area contributed by atoms with Crippen LogP contribution in [0.25, 0.3) is 0 Å². The van der Waals surface area contributed by atoms with Crippen molar-refractivity contribution in [3.63, 3.8) is 0 Å². The van der Waals surface area contributed by atoms with Gasteiger partial charge in [0.25, 0.3) is 0 Å². The number of hydrogen-bond acceptors (Lipinski definition) is 5. The van der Waals surface area contributed by atoms with Crippen LogP contribution in [0.1, 0.15) is 32.1 Å². The van der Waals surface area contributed by atoms with E-state index in [1.807, 2.05) is 11.8 Å². The molecule has 2 rings (SSSR count). The van der Waals surface area contributed by atoms with Gasteiger partial charge in [-0.2, -0.15) is 16.9 Å². The molecule has 1 aliphatic rings. The largest absolute Gasteiger partial charge is 0.353 e. The summed E-state index contributed by atoms with van der Waals surface area (Å²) >= 11 is 1.86. The molecule has 1 saturated carbocycles. The van der Waals surface area contributed by atoms with Crippen molar-refractivity contribution in [3.8, 4) is 0 Å². The van der Waals surface area contributed by atoms with E-state index in [2.05, 4.69) is 16.7 Å². The van der Waals surface area contributed by atoms with E-state index in [4.69, 9.17) is 0 Å². The number of carbonyl (C=O) groups excluding carboxylic acids is 1. The Balaban J connectivity index is 1.75. The summed E-state index contributed by atoms with van der Waals surface area (Å²) in [7, 11) is 0. The number of rotatable bonds is 6. The Labute approximate surface area is 127 Å². The maximum Gasteiger partial charge on any atom is 0.306 e. The van der Waals surface area contributed by atoms with Gasteiger partial charge in [0.05, 0.1) is 4.92 Å². The van der Waals surface area contributed by atoms with Crippen LogP contribution in [0.2, 0.25) is 0 Å². The number of aromatic nitrogens is 2. The molecule has 1 fully saturated rings. The monoisotopic (exact) mass is 312 g/mol. The predicted molar refractivity (Wildman–Crippen MR) is 81.2 cm³/mol. The van der Waals surface area contributed by atoms with Gasteiger partial charge in [0.2, 0.25) is 5.91 Å². The Hall–Kier alpha value is -1.57. The van der Waals surface area contributed by atoms with E-state index in [-0.39, 0.29) is 17.6 Å². The minimum absolute atomic E-state index is 0.0140. The van der Waals surface area contributed by atoms with E-state index in [1.54, 1.807) is 0 Å². The van der Waals surface area contributed by atoms with Crippen LogP contribution in [-0.4, -0.2) is 38.2 Å². The zero-order valence-electron chi connectivity index (χ0n) is 12.0. The van der Waals surface area contributed by atoms with Crippen molar-refractivity contribution >= 4 is 23.4 Å². The summed E-state index contributed by atoms with van der Waals surface area (Å²) in [5.74, 6) is -0.0140. The fourth-order valence-corrected chi connectivity index (χ4v) is 3.40. The quantitative estimate of drug-likeness (QED) is 0.640. The summed E-state index contributed by atoms with van der Waals surface area (Å²) in [5, 5.41) is 18.1. The van der Waals surface area contributed by atoms with Gasteiger partial charge in [0.15, 0.2) is 0 Å². The van der Waals surface area contributed by atoms with E-state index < -0.39 is 4.92 Å². The average molecular weight is 312 g/mol. The van der Waals surface area contributed by atoms with Gasteiger partial charge in [0.1, 0.15) is 12.4 Å². The van der Waals surface area contributed by atoms with Gasteiger partial charge in [-0.25, -0.2) is 0 Å². The number of carbonyl (C=O) groups is 1. The summed E-state index contributed by atoms with van der Waals surface area (Å²) in [4.78, 5) is 22.0. The Morgan fingerprint density at radius 1 is 1.62 bits per heavy atom. The van der Waals surface area contributed by atoms with Crippen molar-refractivity contribution in [2.45, 2.75) is 49.9 Å². The normalized spacial score (nSPS) is 22.0. The number of hydrogen-bond donors (Lipinski definition) is 1. The van der Waals surface area contributed by atoms with Crippen LogP contribution in [0, 0.1) is 10.1 Å². The molecule has 0 bridgehead atoms. The van der Waals surface area contributed by atoms with Crippen LogP contribution >= 0.6 is 11.8 Å². The van der Waals surface area contributed by atoms with Crippen LogP contribution in [0.15, 0.2) is 12.4 Å². The number of aryl methyl sites for hydroxylation is 1. The third kappa shape index (κ3) is 4.73. The first-order valence-electron chi connectivity index (χ1n) is 7.07. The third-order valence-electron chi connectivity index (χ3n) is 3.72. The highest BCUT2D eigenvalue weighted by Crippen LogP contribution is 2.26. The van der Waals surface area contributed by atoms with Crippen molar-refractivity contribution in [2.75, 3.05) is 6.26 Å². The zero-order chi connectivity index (χ0) is 15.2. The summed E-state index contributed by atoms with van der Waals surface area (Å²) in [6.07, 6.45) is 9.39. The van der Waals surface area contributed by atoms with Crippen LogP contribution in [-0.2, 0) is 11.3 Å². The molecule has 7 nitrogen and oxygen atoms in total. The smallest absolute Gasteiger partial charge is 0.306 e. The second kappa shape index (κ2) is 7.44. The van der Waals surface area contributed by atoms with Crippen molar-refractivity contribution in [1.29, 1.82) is 0 Å². The lowest BCUT2D eigenvalue weighted by Gasteiger charge is -2.28. The van der Waals surface area contributed by atoms with Crippen molar-refractivity contribution in [3.05, 3.63) is 22.5 Å². The highest BCUT2D eigenvalue weighted by atomic mass is 32.2. The Kier molecular flexibility index (Phi) is 5.60. The molecule has 21 heavy (non-hydrogen) atoms. The Morgan fingerprint density at radius 3 is 3.10 bits per heavy atom. The number of thioether (sulfide) groups is 1. The van der Waals surface area contributed by atoms with E-state index in [1.165, 1.54) is 23.5 Å². The molecule has 0 unspecified atom stereocenters. The molecule has 1 N–H and O–H groups in total. The molecule has 0 spiro atoms. The standard InChI is InChI=1S/C13H20N4O3S/c1-21-12-4-2-3-10(7-12)15-13(18)5-6-16-9-11(8-14-16)17(19)20/h8-10,12H,2-7H2,1H3,(H,15,18)/t10-,12+/m0/s1. The first-order valence-corrected chi connectivity index (χ1v) is 8.36. The summed E-state index contributed by atoms with van der Waals surface area (Å²) < 4.78 is 1.43. The van der Waals surface area contributed by atoms with Gasteiger partial charge in [-0.05, 0) is 25.5 Å². The lowest BCUT2D eigenvalue weighted by molar-refractivity contribution is -0.385. The Bertz CT molecular complexity index is 505. The van der Waals surface area contributed by atoms with Crippen LogP contribution in [0.4, 0.5) is 5.69 Å². The van der Waals surface area contributed by atoms with E-state index in [0.29, 0.717) is 18.2 Å². The molecule has 1 aromatic rings. The van der Waals surface area contributed by atoms with Crippen LogP contribution in [0.5, 0.6) is 0 Å². The van der Waals surface area contributed by atoms with Crippen LogP contribution in [0.3, 0.4) is 0 Å². The molecule has 2 atom stereocenters. The first-order chi connectivity index (χ1) is 10.1. The minimum atomic E-state index is -0.492. The number of nitrogens with zero attached hydrogens (tertiary/aromatic N) is 3. The average Bonchev–Trinajstić information content (AvgIpc) is 2.94. The number of amides is 1. The molecule has 0 aromatic carbocycles. The summed E-state index contributed by atoms with van der Waals surface area (Å²) in [5.41, 5.74) is -0.0505. The van der Waals surface area contributed by atoms with Crippen molar-refractivity contribution in [2.24, 2.45) is 0 Å². The molecule has 116 valence electrons. The highest BCUT2D eigenvalue weighted by molar-refractivity contribution is 7.99. The van der Waals surface area contributed by atoms with Crippen molar-refractivity contribution in [1.82, 2.24) is 15.1 Å². The SMILES string of the molecule is CS[C@@H]1CCC[C@H](NC(=O)CCn2cc([N+](=O)[O-])cn2)C1. The molecule has 0 radical (unpaired) electrons. The molecule has 0 saturated heterocycles. The molecule has 0 aliphatic heterocycles. The minimum Gasteiger partial charge on any atom is -0.353 e. The van der Waals surface area contributed by atoms with E-state index in [9.17, 15) is 14.9 Å². The van der Waals surface area contributed by atoms with Gasteiger partial charge in [0, 0.05) is 24.3 Å².